The largest absolute Gasteiger partial charge is 0.396 e. The quantitative estimate of drug-likeness (QED) is 0.646. The molecule has 3 N–H and O–H groups in total. The van der Waals surface area contributed by atoms with Gasteiger partial charge in [-0.1, -0.05) is 26.2 Å². The Hall–Kier alpha value is -0.420. The summed E-state index contributed by atoms with van der Waals surface area (Å²) in [7, 11) is 0. The molecule has 0 aliphatic heterocycles. The molecule has 1 saturated carbocycles. The number of aliphatic hydroxyl groups is 1. The lowest BCUT2D eigenvalue weighted by atomic mass is 9.83. The van der Waals surface area contributed by atoms with Crippen molar-refractivity contribution >= 4 is 17.8 Å². The van der Waals surface area contributed by atoms with E-state index in [1.165, 1.54) is 32.1 Å². The molecule has 1 aliphatic carbocycles. The minimum Gasteiger partial charge on any atom is -0.396 e. The maximum Gasteiger partial charge on any atom is 0.315 e. The van der Waals surface area contributed by atoms with Crippen LogP contribution in [0.3, 0.4) is 0 Å². The van der Waals surface area contributed by atoms with Gasteiger partial charge in [0.1, 0.15) is 0 Å². The van der Waals surface area contributed by atoms with Crippen molar-refractivity contribution in [2.45, 2.75) is 64.0 Å². The first-order chi connectivity index (χ1) is 9.71. The molecule has 4 nitrogen and oxygen atoms in total. The zero-order valence-corrected chi connectivity index (χ0v) is 13.7. The summed E-state index contributed by atoms with van der Waals surface area (Å²) in [4.78, 5) is 12.1. The number of hydrogen-bond donors (Lipinski definition) is 3. The normalized spacial score (nSPS) is 19.4. The van der Waals surface area contributed by atoms with Gasteiger partial charge in [-0.05, 0) is 37.9 Å². The van der Waals surface area contributed by atoms with Gasteiger partial charge in [0.2, 0.25) is 0 Å². The average molecular weight is 302 g/mol. The second kappa shape index (κ2) is 10.3. The smallest absolute Gasteiger partial charge is 0.315 e. The molecule has 20 heavy (non-hydrogen) atoms. The van der Waals surface area contributed by atoms with Crippen LogP contribution in [-0.4, -0.2) is 41.8 Å². The lowest BCUT2D eigenvalue weighted by Crippen LogP contribution is -2.49. The third-order valence-corrected chi connectivity index (χ3v) is 4.91. The zero-order chi connectivity index (χ0) is 14.8. The number of nitrogens with one attached hydrogen (secondary N) is 2. The number of carbonyl (C=O) groups is 1. The summed E-state index contributed by atoms with van der Waals surface area (Å²) < 4.78 is 0. The highest BCUT2D eigenvalue weighted by atomic mass is 32.2. The Morgan fingerprint density at radius 2 is 2.00 bits per heavy atom. The van der Waals surface area contributed by atoms with Crippen molar-refractivity contribution in [1.82, 2.24) is 10.6 Å². The summed E-state index contributed by atoms with van der Waals surface area (Å²) in [5, 5.41) is 15.4. The highest BCUT2D eigenvalue weighted by Gasteiger charge is 2.25. The third-order valence-electron chi connectivity index (χ3n) is 4.17. The van der Waals surface area contributed by atoms with Crippen LogP contribution in [0.4, 0.5) is 4.79 Å². The van der Waals surface area contributed by atoms with Gasteiger partial charge in [0.15, 0.2) is 0 Å². The lowest BCUT2D eigenvalue weighted by Gasteiger charge is -2.31. The van der Waals surface area contributed by atoms with Gasteiger partial charge in [-0.2, -0.15) is 11.8 Å². The molecule has 0 bridgehead atoms. The first-order valence-electron chi connectivity index (χ1n) is 7.88. The highest BCUT2D eigenvalue weighted by molar-refractivity contribution is 7.98. The minimum atomic E-state index is -0.0741. The second-order valence-electron chi connectivity index (χ2n) is 5.70. The van der Waals surface area contributed by atoms with Crippen LogP contribution in [0.2, 0.25) is 0 Å². The van der Waals surface area contributed by atoms with Crippen LogP contribution in [-0.2, 0) is 0 Å². The van der Waals surface area contributed by atoms with Crippen molar-refractivity contribution in [2.24, 2.45) is 5.92 Å². The van der Waals surface area contributed by atoms with E-state index >= 15 is 0 Å². The van der Waals surface area contributed by atoms with Crippen molar-refractivity contribution in [1.29, 1.82) is 0 Å². The maximum absolute atomic E-state index is 12.1. The first-order valence-corrected chi connectivity index (χ1v) is 9.27. The Kier molecular flexibility index (Phi) is 9.10. The van der Waals surface area contributed by atoms with E-state index in [9.17, 15) is 9.90 Å². The molecule has 0 aromatic rings. The molecule has 5 heteroatoms. The van der Waals surface area contributed by atoms with E-state index in [1.54, 1.807) is 11.8 Å². The standard InChI is InChI=1S/C15H30N2O2S/c1-3-13(11-20-2)16-15(19)17-14(9-10-18)12-7-5-4-6-8-12/h12-14,18H,3-11H2,1-2H3,(H2,16,17,19). The molecule has 1 aliphatic rings. The average Bonchev–Trinajstić information content (AvgIpc) is 2.47. The van der Waals surface area contributed by atoms with Crippen molar-refractivity contribution in [3.8, 4) is 0 Å². The summed E-state index contributed by atoms with van der Waals surface area (Å²) in [6.07, 6.45) is 9.82. The molecule has 0 spiro atoms. The molecule has 1 rings (SSSR count). The number of thioether (sulfide) groups is 1. The second-order valence-corrected chi connectivity index (χ2v) is 6.61. The van der Waals surface area contributed by atoms with Crippen LogP contribution >= 0.6 is 11.8 Å². The fourth-order valence-corrected chi connectivity index (χ4v) is 3.68. The van der Waals surface area contributed by atoms with Crippen LogP contribution in [0.15, 0.2) is 0 Å². The van der Waals surface area contributed by atoms with Gasteiger partial charge < -0.3 is 15.7 Å². The number of carbonyl (C=O) groups excluding carboxylic acids is 1. The Morgan fingerprint density at radius 1 is 1.30 bits per heavy atom. The van der Waals surface area contributed by atoms with E-state index in [4.69, 9.17) is 0 Å². The molecule has 2 unspecified atom stereocenters. The van der Waals surface area contributed by atoms with E-state index in [2.05, 4.69) is 23.8 Å². The lowest BCUT2D eigenvalue weighted by molar-refractivity contribution is 0.195. The van der Waals surface area contributed by atoms with E-state index in [-0.39, 0.29) is 24.7 Å². The maximum atomic E-state index is 12.1. The SMILES string of the molecule is CCC(CSC)NC(=O)NC(CCO)C1CCCCC1. The van der Waals surface area contributed by atoms with E-state index in [1.807, 2.05) is 0 Å². The van der Waals surface area contributed by atoms with Crippen molar-refractivity contribution in [2.75, 3.05) is 18.6 Å². The third kappa shape index (κ3) is 6.35. The van der Waals surface area contributed by atoms with Gasteiger partial charge >= 0.3 is 6.03 Å². The number of hydrogen-bond acceptors (Lipinski definition) is 3. The molecule has 0 radical (unpaired) electrons. The summed E-state index contributed by atoms with van der Waals surface area (Å²) >= 11 is 1.75. The predicted octanol–water partition coefficient (Wildman–Crippen LogP) is 2.76. The number of aliphatic hydroxyl groups excluding tert-OH is 1. The molecule has 118 valence electrons. The van der Waals surface area contributed by atoms with Crippen LogP contribution in [0.1, 0.15) is 51.9 Å². The Balaban J connectivity index is 2.44. The van der Waals surface area contributed by atoms with Crippen molar-refractivity contribution in [3.63, 3.8) is 0 Å². The molecule has 0 heterocycles. The number of amides is 2. The van der Waals surface area contributed by atoms with E-state index in [0.717, 1.165) is 12.2 Å². The minimum absolute atomic E-state index is 0.0741. The molecular formula is C15H30N2O2S. The highest BCUT2D eigenvalue weighted by Crippen LogP contribution is 2.27. The molecular weight excluding hydrogens is 272 g/mol. The van der Waals surface area contributed by atoms with Gasteiger partial charge in [0, 0.05) is 24.4 Å². The molecule has 2 amide bonds. The van der Waals surface area contributed by atoms with Gasteiger partial charge in [-0.25, -0.2) is 4.79 Å². The van der Waals surface area contributed by atoms with Crippen LogP contribution in [0.25, 0.3) is 0 Å². The van der Waals surface area contributed by atoms with Gasteiger partial charge in [-0.3, -0.25) is 0 Å². The fraction of sp³-hybridized carbons (Fsp3) is 0.933. The first kappa shape index (κ1) is 17.6. The Morgan fingerprint density at radius 3 is 2.55 bits per heavy atom. The Labute approximate surface area is 127 Å². The number of rotatable bonds is 8. The zero-order valence-electron chi connectivity index (χ0n) is 12.9. The predicted molar refractivity (Wildman–Crippen MR) is 86.2 cm³/mol. The van der Waals surface area contributed by atoms with E-state index in [0.29, 0.717) is 12.3 Å². The van der Waals surface area contributed by atoms with Crippen LogP contribution < -0.4 is 10.6 Å². The topological polar surface area (TPSA) is 61.4 Å². The molecule has 0 saturated heterocycles. The molecule has 2 atom stereocenters. The summed E-state index contributed by atoms with van der Waals surface area (Å²) in [5.74, 6) is 1.47. The van der Waals surface area contributed by atoms with Gasteiger partial charge in [0.05, 0.1) is 0 Å². The molecule has 1 fully saturated rings. The van der Waals surface area contributed by atoms with E-state index < -0.39 is 0 Å². The van der Waals surface area contributed by atoms with Gasteiger partial charge in [-0.15, -0.1) is 0 Å². The summed E-state index contributed by atoms with van der Waals surface area (Å²) in [6.45, 7) is 2.23. The number of urea groups is 1. The van der Waals surface area contributed by atoms with Crippen molar-refractivity contribution < 1.29 is 9.90 Å². The van der Waals surface area contributed by atoms with Crippen LogP contribution in [0, 0.1) is 5.92 Å². The van der Waals surface area contributed by atoms with Crippen molar-refractivity contribution in [3.05, 3.63) is 0 Å². The Bertz CT molecular complexity index is 271. The molecule has 0 aromatic heterocycles. The summed E-state index contributed by atoms with van der Waals surface area (Å²) in [6, 6.07) is 0.271. The molecule has 0 aromatic carbocycles. The van der Waals surface area contributed by atoms with Gasteiger partial charge in [0.25, 0.3) is 0 Å². The summed E-state index contributed by atoms with van der Waals surface area (Å²) in [5.41, 5.74) is 0. The van der Waals surface area contributed by atoms with Crippen LogP contribution in [0.5, 0.6) is 0 Å². The monoisotopic (exact) mass is 302 g/mol. The fourth-order valence-electron chi connectivity index (χ4n) is 2.96.